The molecule has 0 bridgehead atoms. The summed E-state index contributed by atoms with van der Waals surface area (Å²) in [6.45, 7) is 1.60. The van der Waals surface area contributed by atoms with Gasteiger partial charge in [0, 0.05) is 15.6 Å². The van der Waals surface area contributed by atoms with Crippen molar-refractivity contribution in [2.24, 2.45) is 0 Å². The molecule has 2 heterocycles. The summed E-state index contributed by atoms with van der Waals surface area (Å²) in [5.74, 6) is -2.74. The number of amides is 1. The van der Waals surface area contributed by atoms with Gasteiger partial charge >= 0.3 is 11.9 Å². The number of aryl methyl sites for hydroxylation is 1. The molecule has 1 N–H and O–H groups in total. The Labute approximate surface area is 202 Å². The SMILES string of the molecule is COC(=O)c1sc(N2C(=O)C(=O)/C(=C(\O)c3ccc(Cl)cc3)C2c2cccc(Cl)c2)nc1C. The first-order valence-electron chi connectivity index (χ1n) is 9.61. The molecular weight excluding hydrogens is 487 g/mol. The number of thiazole rings is 1. The first kappa shape index (κ1) is 23.0. The van der Waals surface area contributed by atoms with Crippen LogP contribution in [0.25, 0.3) is 5.76 Å². The summed E-state index contributed by atoms with van der Waals surface area (Å²) < 4.78 is 4.78. The Morgan fingerprint density at radius 1 is 1.12 bits per heavy atom. The quantitative estimate of drug-likeness (QED) is 0.228. The average Bonchev–Trinajstić information content (AvgIpc) is 3.30. The third-order valence-electron chi connectivity index (χ3n) is 5.09. The van der Waals surface area contributed by atoms with Crippen LogP contribution in [-0.4, -0.2) is 34.9 Å². The smallest absolute Gasteiger partial charge is 0.350 e. The molecule has 0 spiro atoms. The van der Waals surface area contributed by atoms with Crippen molar-refractivity contribution < 1.29 is 24.2 Å². The van der Waals surface area contributed by atoms with Crippen LogP contribution in [0.5, 0.6) is 0 Å². The molecule has 1 aliphatic heterocycles. The molecule has 7 nitrogen and oxygen atoms in total. The molecule has 1 aromatic heterocycles. The minimum Gasteiger partial charge on any atom is -0.507 e. The van der Waals surface area contributed by atoms with Crippen LogP contribution in [-0.2, 0) is 14.3 Å². The van der Waals surface area contributed by atoms with Gasteiger partial charge in [0.25, 0.3) is 5.78 Å². The molecule has 1 saturated heterocycles. The van der Waals surface area contributed by atoms with E-state index in [4.69, 9.17) is 27.9 Å². The predicted octanol–water partition coefficient (Wildman–Crippen LogP) is 5.17. The van der Waals surface area contributed by atoms with Crippen molar-refractivity contribution in [3.05, 3.63) is 85.8 Å². The largest absolute Gasteiger partial charge is 0.507 e. The van der Waals surface area contributed by atoms with E-state index in [1.54, 1.807) is 55.5 Å². The van der Waals surface area contributed by atoms with E-state index in [1.807, 2.05) is 0 Å². The third-order valence-corrected chi connectivity index (χ3v) is 6.71. The van der Waals surface area contributed by atoms with Gasteiger partial charge in [-0.15, -0.1) is 0 Å². The fourth-order valence-corrected chi connectivity index (χ4v) is 4.89. The first-order valence-corrected chi connectivity index (χ1v) is 11.2. The molecule has 168 valence electrons. The Hall–Kier alpha value is -3.20. The highest BCUT2D eigenvalue weighted by Gasteiger charge is 2.48. The van der Waals surface area contributed by atoms with Gasteiger partial charge < -0.3 is 9.84 Å². The van der Waals surface area contributed by atoms with Gasteiger partial charge in [0.1, 0.15) is 10.6 Å². The summed E-state index contributed by atoms with van der Waals surface area (Å²) in [6, 6.07) is 11.8. The molecule has 1 aliphatic rings. The standard InChI is InChI=1S/C23H16Cl2N2O5S/c1-11-20(22(31)32-2)33-23(26-11)27-17(13-4-3-5-15(25)10-13)16(19(29)21(27)30)18(28)12-6-8-14(24)9-7-12/h3-10,17,28H,1-2H3/b18-16-. The van der Waals surface area contributed by atoms with Gasteiger partial charge in [-0.05, 0) is 48.9 Å². The van der Waals surface area contributed by atoms with Crippen LogP contribution in [0.15, 0.2) is 54.1 Å². The number of ether oxygens (including phenoxy) is 1. The molecule has 3 aromatic rings. The van der Waals surface area contributed by atoms with Gasteiger partial charge in [0.05, 0.1) is 24.4 Å². The number of rotatable bonds is 4. The Kier molecular flexibility index (Phi) is 6.25. The summed E-state index contributed by atoms with van der Waals surface area (Å²) in [7, 11) is 1.24. The van der Waals surface area contributed by atoms with E-state index in [0.717, 1.165) is 11.3 Å². The molecule has 2 aromatic carbocycles. The number of carbonyl (C=O) groups is 3. The van der Waals surface area contributed by atoms with Gasteiger partial charge in [-0.1, -0.05) is 46.7 Å². The van der Waals surface area contributed by atoms with E-state index < -0.39 is 23.7 Å². The number of Topliss-reactive ketones (excluding diaryl/α,β-unsaturated/α-hetero) is 1. The van der Waals surface area contributed by atoms with Crippen molar-refractivity contribution in [2.75, 3.05) is 12.0 Å². The van der Waals surface area contributed by atoms with E-state index in [1.165, 1.54) is 12.0 Å². The van der Waals surface area contributed by atoms with Crippen molar-refractivity contribution in [3.8, 4) is 0 Å². The van der Waals surface area contributed by atoms with E-state index in [0.29, 0.717) is 26.9 Å². The summed E-state index contributed by atoms with van der Waals surface area (Å²) in [6.07, 6.45) is 0. The van der Waals surface area contributed by atoms with Crippen molar-refractivity contribution in [3.63, 3.8) is 0 Å². The second-order valence-electron chi connectivity index (χ2n) is 7.13. The molecule has 1 atom stereocenters. The van der Waals surface area contributed by atoms with Crippen LogP contribution in [0, 0.1) is 6.92 Å². The molecule has 4 rings (SSSR count). The Balaban J connectivity index is 1.94. The van der Waals surface area contributed by atoms with Gasteiger partial charge in [-0.2, -0.15) is 0 Å². The number of halogens is 2. The van der Waals surface area contributed by atoms with Crippen LogP contribution in [0.4, 0.5) is 5.13 Å². The van der Waals surface area contributed by atoms with Crippen molar-refractivity contribution in [1.82, 2.24) is 4.98 Å². The monoisotopic (exact) mass is 502 g/mol. The zero-order valence-electron chi connectivity index (χ0n) is 17.3. The predicted molar refractivity (Wildman–Crippen MR) is 126 cm³/mol. The second-order valence-corrected chi connectivity index (χ2v) is 8.98. The summed E-state index contributed by atoms with van der Waals surface area (Å²) >= 11 is 13.0. The lowest BCUT2D eigenvalue weighted by molar-refractivity contribution is -0.132. The number of aliphatic hydroxyl groups is 1. The van der Waals surface area contributed by atoms with E-state index in [-0.39, 0.29) is 21.3 Å². The number of hydrogen-bond acceptors (Lipinski definition) is 7. The zero-order valence-corrected chi connectivity index (χ0v) is 19.7. The number of esters is 1. The average molecular weight is 503 g/mol. The number of aromatic nitrogens is 1. The normalized spacial score (nSPS) is 17.5. The number of benzene rings is 2. The van der Waals surface area contributed by atoms with Crippen LogP contribution < -0.4 is 4.90 Å². The third kappa shape index (κ3) is 4.13. The minimum absolute atomic E-state index is 0.120. The number of ketones is 1. The number of methoxy groups -OCH3 is 1. The van der Waals surface area contributed by atoms with Crippen LogP contribution in [0.3, 0.4) is 0 Å². The van der Waals surface area contributed by atoms with Crippen molar-refractivity contribution in [1.29, 1.82) is 0 Å². The highest BCUT2D eigenvalue weighted by atomic mass is 35.5. The Morgan fingerprint density at radius 3 is 2.45 bits per heavy atom. The van der Waals surface area contributed by atoms with Gasteiger partial charge in [-0.3, -0.25) is 14.5 Å². The van der Waals surface area contributed by atoms with E-state index in [9.17, 15) is 19.5 Å². The van der Waals surface area contributed by atoms with Crippen LogP contribution in [0.1, 0.15) is 32.5 Å². The molecule has 0 aliphatic carbocycles. The molecule has 0 saturated carbocycles. The number of carbonyl (C=O) groups excluding carboxylic acids is 3. The van der Waals surface area contributed by atoms with Crippen LogP contribution in [0.2, 0.25) is 10.0 Å². The molecule has 1 unspecified atom stereocenters. The summed E-state index contributed by atoms with van der Waals surface area (Å²) in [4.78, 5) is 44.1. The fraction of sp³-hybridized carbons (Fsp3) is 0.130. The van der Waals surface area contributed by atoms with Gasteiger partial charge in [0.15, 0.2) is 5.13 Å². The lowest BCUT2D eigenvalue weighted by Gasteiger charge is -2.23. The van der Waals surface area contributed by atoms with Crippen molar-refractivity contribution >= 4 is 63.1 Å². The maximum absolute atomic E-state index is 13.2. The molecule has 1 amide bonds. The number of aliphatic hydroxyl groups excluding tert-OH is 1. The number of anilines is 1. The molecular formula is C23H16Cl2N2O5S. The summed E-state index contributed by atoms with van der Waals surface area (Å²) in [5.41, 5.74) is 1.03. The maximum Gasteiger partial charge on any atom is 0.350 e. The van der Waals surface area contributed by atoms with Crippen molar-refractivity contribution in [2.45, 2.75) is 13.0 Å². The molecule has 1 fully saturated rings. The Bertz CT molecular complexity index is 1320. The highest BCUT2D eigenvalue weighted by molar-refractivity contribution is 7.17. The molecule has 33 heavy (non-hydrogen) atoms. The highest BCUT2D eigenvalue weighted by Crippen LogP contribution is 2.44. The lowest BCUT2D eigenvalue weighted by atomic mass is 9.95. The molecule has 10 heteroatoms. The number of hydrogen-bond donors (Lipinski definition) is 1. The topological polar surface area (TPSA) is 96.8 Å². The second kappa shape index (κ2) is 8.97. The fourth-order valence-electron chi connectivity index (χ4n) is 3.55. The lowest BCUT2D eigenvalue weighted by Crippen LogP contribution is -2.29. The van der Waals surface area contributed by atoms with Gasteiger partial charge in [-0.25, -0.2) is 9.78 Å². The minimum atomic E-state index is -1.02. The number of nitrogens with zero attached hydrogens (tertiary/aromatic N) is 2. The van der Waals surface area contributed by atoms with Gasteiger partial charge in [0.2, 0.25) is 0 Å². The van der Waals surface area contributed by atoms with E-state index >= 15 is 0 Å². The van der Waals surface area contributed by atoms with E-state index in [2.05, 4.69) is 4.98 Å². The zero-order chi connectivity index (χ0) is 23.9. The Morgan fingerprint density at radius 2 is 1.82 bits per heavy atom. The maximum atomic E-state index is 13.2. The molecule has 0 radical (unpaired) electrons. The van der Waals surface area contributed by atoms with Crippen LogP contribution >= 0.6 is 34.5 Å². The first-order chi connectivity index (χ1) is 15.7. The summed E-state index contributed by atoms with van der Waals surface area (Å²) in [5, 5.41) is 12.0.